The van der Waals surface area contributed by atoms with Crippen LogP contribution in [0.2, 0.25) is 0 Å². The van der Waals surface area contributed by atoms with E-state index in [2.05, 4.69) is 25.9 Å². The molecule has 0 bridgehead atoms. The van der Waals surface area contributed by atoms with Crippen LogP contribution in [0.1, 0.15) is 27.3 Å². The standard InChI is InChI=1S/C26H22N6O2S2/c1-16-21(24-31-32-17(2)29-30-26(32)36-24)9-6-10-22(16)27-25(35)28-23(33)19-11-13-20(14-12-19)34-15-18-7-4-3-5-8-18/h3-14H,15H2,1-2H3,(H2,27,28,33,35). The van der Waals surface area contributed by atoms with Gasteiger partial charge >= 0.3 is 0 Å². The molecule has 2 N–H and O–H groups in total. The number of carbonyl (C=O) groups excluding carboxylic acids is 1. The lowest BCUT2D eigenvalue weighted by Crippen LogP contribution is -2.34. The maximum Gasteiger partial charge on any atom is 0.257 e. The van der Waals surface area contributed by atoms with Crippen molar-refractivity contribution in [2.24, 2.45) is 0 Å². The average Bonchev–Trinajstić information content (AvgIpc) is 3.46. The van der Waals surface area contributed by atoms with E-state index in [1.54, 1.807) is 28.8 Å². The van der Waals surface area contributed by atoms with Crippen LogP contribution in [0.4, 0.5) is 5.69 Å². The van der Waals surface area contributed by atoms with Gasteiger partial charge in [0.25, 0.3) is 5.91 Å². The molecule has 2 heterocycles. The molecule has 0 saturated carbocycles. The monoisotopic (exact) mass is 514 g/mol. The number of nitrogens with zero attached hydrogens (tertiary/aromatic N) is 4. The minimum Gasteiger partial charge on any atom is -0.489 e. The van der Waals surface area contributed by atoms with Gasteiger partial charge in [0.2, 0.25) is 4.96 Å². The first-order valence-corrected chi connectivity index (χ1v) is 12.4. The molecule has 2 aromatic heterocycles. The van der Waals surface area contributed by atoms with Crippen LogP contribution in [-0.4, -0.2) is 30.8 Å². The fourth-order valence-electron chi connectivity index (χ4n) is 3.60. The second-order valence-electron chi connectivity index (χ2n) is 8.03. The minimum absolute atomic E-state index is 0.207. The number of fused-ring (bicyclic) bond motifs is 1. The summed E-state index contributed by atoms with van der Waals surface area (Å²) in [7, 11) is 0. The Balaban J connectivity index is 1.22. The Morgan fingerprint density at radius 2 is 1.78 bits per heavy atom. The van der Waals surface area contributed by atoms with E-state index in [1.807, 2.05) is 62.4 Å². The number of ether oxygens (including phenoxy) is 1. The summed E-state index contributed by atoms with van der Waals surface area (Å²) in [5.41, 5.74) is 4.25. The van der Waals surface area contributed by atoms with Crippen molar-refractivity contribution in [2.75, 3.05) is 5.32 Å². The van der Waals surface area contributed by atoms with Crippen molar-refractivity contribution < 1.29 is 9.53 Å². The zero-order chi connectivity index (χ0) is 25.1. The quantitative estimate of drug-likeness (QED) is 0.302. The van der Waals surface area contributed by atoms with Crippen LogP contribution < -0.4 is 15.4 Å². The van der Waals surface area contributed by atoms with Crippen LogP contribution in [0, 0.1) is 13.8 Å². The molecule has 0 aliphatic rings. The van der Waals surface area contributed by atoms with Gasteiger partial charge < -0.3 is 10.1 Å². The van der Waals surface area contributed by atoms with E-state index in [4.69, 9.17) is 17.0 Å². The lowest BCUT2D eigenvalue weighted by molar-refractivity contribution is 0.0977. The van der Waals surface area contributed by atoms with Gasteiger partial charge in [0.05, 0.1) is 0 Å². The summed E-state index contributed by atoms with van der Waals surface area (Å²) in [5.74, 6) is 1.11. The Bertz CT molecular complexity index is 1540. The summed E-state index contributed by atoms with van der Waals surface area (Å²) in [6.45, 7) is 4.30. The fourth-order valence-corrected chi connectivity index (χ4v) is 4.77. The number of hydrogen-bond acceptors (Lipinski definition) is 7. The molecule has 5 aromatic rings. The molecule has 0 saturated heterocycles. The highest BCUT2D eigenvalue weighted by molar-refractivity contribution is 7.80. The number of benzene rings is 3. The largest absolute Gasteiger partial charge is 0.489 e. The predicted molar refractivity (Wildman–Crippen MR) is 144 cm³/mol. The first-order chi connectivity index (χ1) is 17.5. The van der Waals surface area contributed by atoms with Crippen molar-refractivity contribution in [1.82, 2.24) is 25.1 Å². The molecule has 0 radical (unpaired) electrons. The molecule has 0 spiro atoms. The Morgan fingerprint density at radius 3 is 2.53 bits per heavy atom. The van der Waals surface area contributed by atoms with Crippen molar-refractivity contribution in [3.05, 3.63) is 95.3 Å². The summed E-state index contributed by atoms with van der Waals surface area (Å²) in [5, 5.41) is 19.7. The van der Waals surface area contributed by atoms with Gasteiger partial charge in [0, 0.05) is 16.8 Å². The van der Waals surface area contributed by atoms with Crippen molar-refractivity contribution in [3.8, 4) is 16.3 Å². The minimum atomic E-state index is -0.306. The zero-order valence-corrected chi connectivity index (χ0v) is 21.2. The zero-order valence-electron chi connectivity index (χ0n) is 19.6. The summed E-state index contributed by atoms with van der Waals surface area (Å²) in [6.07, 6.45) is 0. The van der Waals surface area contributed by atoms with E-state index < -0.39 is 0 Å². The van der Waals surface area contributed by atoms with Crippen LogP contribution in [0.25, 0.3) is 15.5 Å². The molecule has 8 nitrogen and oxygen atoms in total. The van der Waals surface area contributed by atoms with Crippen molar-refractivity contribution >= 4 is 45.2 Å². The molecular weight excluding hydrogens is 492 g/mol. The third kappa shape index (κ3) is 5.09. The number of amides is 1. The molecule has 36 heavy (non-hydrogen) atoms. The SMILES string of the molecule is Cc1c(NC(=S)NC(=O)c2ccc(OCc3ccccc3)cc2)cccc1-c1nn2c(C)nnc2s1. The summed E-state index contributed by atoms with van der Waals surface area (Å²) < 4.78 is 7.51. The number of aromatic nitrogens is 4. The molecule has 1 amide bonds. The highest BCUT2D eigenvalue weighted by Gasteiger charge is 2.15. The predicted octanol–water partition coefficient (Wildman–Crippen LogP) is 5.18. The maximum atomic E-state index is 12.7. The second-order valence-corrected chi connectivity index (χ2v) is 9.40. The van der Waals surface area contributed by atoms with Crippen molar-refractivity contribution in [1.29, 1.82) is 0 Å². The van der Waals surface area contributed by atoms with E-state index in [1.165, 1.54) is 11.3 Å². The number of nitrogens with one attached hydrogen (secondary N) is 2. The molecule has 180 valence electrons. The van der Waals surface area contributed by atoms with Crippen molar-refractivity contribution in [3.63, 3.8) is 0 Å². The molecule has 10 heteroatoms. The van der Waals surface area contributed by atoms with Gasteiger partial charge in [-0.2, -0.15) is 9.61 Å². The van der Waals surface area contributed by atoms with Crippen LogP contribution in [0.15, 0.2) is 72.8 Å². The lowest BCUT2D eigenvalue weighted by atomic mass is 10.1. The molecular formula is C26H22N6O2S2. The van der Waals surface area contributed by atoms with Crippen LogP contribution in [0.5, 0.6) is 5.75 Å². The number of carbonyl (C=O) groups is 1. The smallest absolute Gasteiger partial charge is 0.257 e. The van der Waals surface area contributed by atoms with E-state index in [0.29, 0.717) is 17.9 Å². The normalized spacial score (nSPS) is 10.8. The van der Waals surface area contributed by atoms with E-state index >= 15 is 0 Å². The Hall–Kier alpha value is -4.15. The van der Waals surface area contributed by atoms with Gasteiger partial charge in [-0.3, -0.25) is 10.1 Å². The summed E-state index contributed by atoms with van der Waals surface area (Å²) >= 11 is 6.87. The number of thiocarbonyl (C=S) groups is 1. The maximum absolute atomic E-state index is 12.7. The lowest BCUT2D eigenvalue weighted by Gasteiger charge is -2.14. The Labute approximate surface area is 217 Å². The number of hydrogen-bond donors (Lipinski definition) is 2. The van der Waals surface area contributed by atoms with Gasteiger partial charge in [-0.25, -0.2) is 0 Å². The van der Waals surface area contributed by atoms with Crippen LogP contribution in [-0.2, 0) is 6.61 Å². The van der Waals surface area contributed by atoms with Gasteiger partial charge in [-0.05, 0) is 67.5 Å². The number of rotatable bonds is 6. The molecule has 0 aliphatic carbocycles. The van der Waals surface area contributed by atoms with Gasteiger partial charge in [0.15, 0.2) is 10.9 Å². The molecule has 0 unspecified atom stereocenters. The third-order valence-electron chi connectivity index (χ3n) is 5.55. The van der Waals surface area contributed by atoms with Crippen molar-refractivity contribution in [2.45, 2.75) is 20.5 Å². The highest BCUT2D eigenvalue weighted by atomic mass is 32.1. The number of anilines is 1. The molecule has 3 aromatic carbocycles. The van der Waals surface area contributed by atoms with E-state index in [-0.39, 0.29) is 11.0 Å². The topological polar surface area (TPSA) is 93.4 Å². The summed E-state index contributed by atoms with van der Waals surface area (Å²) in [6, 6.07) is 22.7. The van der Waals surface area contributed by atoms with Crippen LogP contribution >= 0.6 is 23.6 Å². The first-order valence-electron chi connectivity index (χ1n) is 11.2. The second kappa shape index (κ2) is 10.2. The third-order valence-corrected chi connectivity index (χ3v) is 6.69. The van der Waals surface area contributed by atoms with Gasteiger partial charge in [-0.15, -0.1) is 10.2 Å². The van der Waals surface area contributed by atoms with E-state index in [0.717, 1.165) is 38.2 Å². The summed E-state index contributed by atoms with van der Waals surface area (Å²) in [4.78, 5) is 13.4. The molecule has 0 atom stereocenters. The van der Waals surface area contributed by atoms with Gasteiger partial charge in [0.1, 0.15) is 17.4 Å². The fraction of sp³-hybridized carbons (Fsp3) is 0.115. The molecule has 0 fully saturated rings. The average molecular weight is 515 g/mol. The number of aryl methyl sites for hydroxylation is 1. The van der Waals surface area contributed by atoms with E-state index in [9.17, 15) is 4.79 Å². The molecule has 0 aliphatic heterocycles. The van der Waals surface area contributed by atoms with Gasteiger partial charge in [-0.1, -0.05) is 53.8 Å². The first kappa shape index (κ1) is 23.6. The molecule has 5 rings (SSSR count). The Kier molecular flexibility index (Phi) is 6.70. The highest BCUT2D eigenvalue weighted by Crippen LogP contribution is 2.31. The Morgan fingerprint density at radius 1 is 1.00 bits per heavy atom. The van der Waals surface area contributed by atoms with Crippen LogP contribution in [0.3, 0.4) is 0 Å².